The number of benzene rings is 2. The molecular weight excluding hydrogens is 417 g/mol. The summed E-state index contributed by atoms with van der Waals surface area (Å²) >= 11 is 0. The van der Waals surface area contributed by atoms with E-state index in [2.05, 4.69) is 10.2 Å². The second kappa shape index (κ2) is 11.4. The van der Waals surface area contributed by atoms with Crippen molar-refractivity contribution in [3.8, 4) is 11.5 Å². The minimum Gasteiger partial charge on any atom is -0.493 e. The average Bonchev–Trinajstić information content (AvgIpc) is 2.73. The number of rotatable bonds is 8. The molecule has 1 aliphatic rings. The molecule has 2 aromatic carbocycles. The maximum Gasteiger partial charge on any atom is 0.389 e. The van der Waals surface area contributed by atoms with Gasteiger partial charge >= 0.3 is 6.18 Å². The fourth-order valence-electron chi connectivity index (χ4n) is 3.60. The van der Waals surface area contributed by atoms with Crippen LogP contribution in [0, 0.1) is 0 Å². The van der Waals surface area contributed by atoms with Crippen molar-refractivity contribution >= 4 is 12.4 Å². The molecular formula is C22H28ClF3N2O2. The van der Waals surface area contributed by atoms with E-state index in [1.165, 1.54) is 0 Å². The van der Waals surface area contributed by atoms with Gasteiger partial charge in [-0.1, -0.05) is 36.4 Å². The standard InChI is InChI=1S/C22H27F3N2O2.ClH/c1-28-21-15-18(7-8-20(21)29-16-17-5-3-2-4-6-17)19(9-10-22(23,24)25)27-13-11-26-12-14-27;/h2-8,15,19,26H,9-14,16H2,1H3;1H/t19-;/m1./s1. The Kier molecular flexibility index (Phi) is 9.27. The Balaban J connectivity index is 0.00000320. The van der Waals surface area contributed by atoms with Crippen molar-refractivity contribution in [1.29, 1.82) is 0 Å². The van der Waals surface area contributed by atoms with E-state index in [1.54, 1.807) is 13.2 Å². The van der Waals surface area contributed by atoms with Gasteiger partial charge in [-0.15, -0.1) is 12.4 Å². The third-order valence-electron chi connectivity index (χ3n) is 5.10. The first-order valence-electron chi connectivity index (χ1n) is 9.82. The molecule has 1 fully saturated rings. The van der Waals surface area contributed by atoms with E-state index in [1.807, 2.05) is 42.5 Å². The normalized spacial score (nSPS) is 15.9. The number of ether oxygens (including phenoxy) is 2. The lowest BCUT2D eigenvalue weighted by Gasteiger charge is -2.35. The molecule has 0 aromatic heterocycles. The lowest BCUT2D eigenvalue weighted by atomic mass is 9.98. The second-order valence-corrected chi connectivity index (χ2v) is 7.14. The second-order valence-electron chi connectivity index (χ2n) is 7.14. The first-order chi connectivity index (χ1) is 14.0. The molecule has 0 aliphatic carbocycles. The van der Waals surface area contributed by atoms with Gasteiger partial charge in [-0.05, 0) is 29.7 Å². The number of nitrogens with zero attached hydrogens (tertiary/aromatic N) is 1. The molecule has 30 heavy (non-hydrogen) atoms. The molecule has 166 valence electrons. The Hall–Kier alpha value is -1.96. The van der Waals surface area contributed by atoms with Gasteiger partial charge in [-0.2, -0.15) is 13.2 Å². The fourth-order valence-corrected chi connectivity index (χ4v) is 3.60. The van der Waals surface area contributed by atoms with Gasteiger partial charge in [0, 0.05) is 38.6 Å². The Bertz CT molecular complexity index is 769. The third kappa shape index (κ3) is 7.07. The van der Waals surface area contributed by atoms with E-state index in [-0.39, 0.29) is 24.9 Å². The molecule has 1 saturated heterocycles. The van der Waals surface area contributed by atoms with E-state index < -0.39 is 12.6 Å². The van der Waals surface area contributed by atoms with Crippen LogP contribution in [0.3, 0.4) is 0 Å². The smallest absolute Gasteiger partial charge is 0.389 e. The van der Waals surface area contributed by atoms with Gasteiger partial charge in [-0.3, -0.25) is 4.90 Å². The van der Waals surface area contributed by atoms with E-state index in [0.29, 0.717) is 18.1 Å². The largest absolute Gasteiger partial charge is 0.493 e. The van der Waals surface area contributed by atoms with E-state index in [9.17, 15) is 13.2 Å². The highest BCUT2D eigenvalue weighted by Crippen LogP contribution is 2.36. The first kappa shape index (κ1) is 24.3. The number of nitrogens with one attached hydrogen (secondary N) is 1. The van der Waals surface area contributed by atoms with Gasteiger partial charge in [0.1, 0.15) is 6.61 Å². The van der Waals surface area contributed by atoms with Crippen molar-refractivity contribution in [2.24, 2.45) is 0 Å². The van der Waals surface area contributed by atoms with Crippen LogP contribution in [0.5, 0.6) is 11.5 Å². The average molecular weight is 445 g/mol. The van der Waals surface area contributed by atoms with Crippen molar-refractivity contribution in [2.45, 2.75) is 31.7 Å². The van der Waals surface area contributed by atoms with Gasteiger partial charge in [0.05, 0.1) is 7.11 Å². The molecule has 0 saturated carbocycles. The Morgan fingerprint density at radius 2 is 1.73 bits per heavy atom. The zero-order valence-corrected chi connectivity index (χ0v) is 17.8. The van der Waals surface area contributed by atoms with Crippen molar-refractivity contribution < 1.29 is 22.6 Å². The summed E-state index contributed by atoms with van der Waals surface area (Å²) in [5.74, 6) is 1.11. The van der Waals surface area contributed by atoms with Crippen molar-refractivity contribution in [3.05, 3.63) is 59.7 Å². The monoisotopic (exact) mass is 444 g/mol. The van der Waals surface area contributed by atoms with Gasteiger partial charge < -0.3 is 14.8 Å². The highest BCUT2D eigenvalue weighted by Gasteiger charge is 2.31. The summed E-state index contributed by atoms with van der Waals surface area (Å²) < 4.78 is 50.0. The Morgan fingerprint density at radius 3 is 2.37 bits per heavy atom. The van der Waals surface area contributed by atoms with E-state index in [0.717, 1.165) is 37.3 Å². The van der Waals surface area contributed by atoms with Crippen molar-refractivity contribution in [2.75, 3.05) is 33.3 Å². The summed E-state index contributed by atoms with van der Waals surface area (Å²) in [4.78, 5) is 2.11. The molecule has 4 nitrogen and oxygen atoms in total. The molecule has 0 unspecified atom stereocenters. The Morgan fingerprint density at radius 1 is 1.03 bits per heavy atom. The fraction of sp³-hybridized carbons (Fsp3) is 0.455. The number of methoxy groups -OCH3 is 1. The number of hydrogen-bond acceptors (Lipinski definition) is 4. The molecule has 1 N–H and O–H groups in total. The van der Waals surface area contributed by atoms with Crippen LogP contribution in [0.1, 0.15) is 30.0 Å². The molecule has 0 bridgehead atoms. The molecule has 1 heterocycles. The minimum atomic E-state index is -4.17. The van der Waals surface area contributed by atoms with Crippen molar-refractivity contribution in [3.63, 3.8) is 0 Å². The van der Waals surface area contributed by atoms with Crippen LogP contribution in [0.25, 0.3) is 0 Å². The van der Waals surface area contributed by atoms with Crippen LogP contribution in [0.4, 0.5) is 13.2 Å². The van der Waals surface area contributed by atoms with Gasteiger partial charge in [-0.25, -0.2) is 0 Å². The van der Waals surface area contributed by atoms with Gasteiger partial charge in [0.15, 0.2) is 11.5 Å². The zero-order valence-electron chi connectivity index (χ0n) is 17.0. The summed E-state index contributed by atoms with van der Waals surface area (Å²) in [6.45, 7) is 3.38. The molecule has 8 heteroatoms. The number of hydrogen-bond donors (Lipinski definition) is 1. The first-order valence-corrected chi connectivity index (χ1v) is 9.82. The highest BCUT2D eigenvalue weighted by molar-refractivity contribution is 5.85. The number of alkyl halides is 3. The summed E-state index contributed by atoms with van der Waals surface area (Å²) in [5.41, 5.74) is 1.85. The molecule has 1 atom stereocenters. The van der Waals surface area contributed by atoms with Crippen LogP contribution < -0.4 is 14.8 Å². The topological polar surface area (TPSA) is 33.7 Å². The zero-order chi connectivity index (χ0) is 20.7. The molecule has 2 aromatic rings. The summed E-state index contributed by atoms with van der Waals surface area (Å²) in [7, 11) is 1.55. The lowest BCUT2D eigenvalue weighted by Crippen LogP contribution is -2.45. The SMILES string of the molecule is COc1cc([C@@H](CCC(F)(F)F)N2CCNCC2)ccc1OCc1ccccc1.Cl. The highest BCUT2D eigenvalue weighted by atomic mass is 35.5. The predicted octanol–water partition coefficient (Wildman–Crippen LogP) is 4.98. The van der Waals surface area contributed by atoms with Gasteiger partial charge in [0.25, 0.3) is 0 Å². The summed E-state index contributed by atoms with van der Waals surface area (Å²) in [6, 6.07) is 14.9. The van der Waals surface area contributed by atoms with Gasteiger partial charge in [0.2, 0.25) is 0 Å². The van der Waals surface area contributed by atoms with Crippen LogP contribution in [0.15, 0.2) is 48.5 Å². The third-order valence-corrected chi connectivity index (χ3v) is 5.10. The molecule has 3 rings (SSSR count). The quantitative estimate of drug-likeness (QED) is 0.622. The minimum absolute atomic E-state index is 0. The van der Waals surface area contributed by atoms with Crippen LogP contribution in [-0.2, 0) is 6.61 Å². The maximum atomic E-state index is 12.9. The molecule has 1 aliphatic heterocycles. The summed E-state index contributed by atoms with van der Waals surface area (Å²) in [6.07, 6.45) is -4.96. The predicted molar refractivity (Wildman–Crippen MR) is 113 cm³/mol. The Labute approximate surface area is 181 Å². The number of piperazine rings is 1. The van der Waals surface area contributed by atoms with E-state index >= 15 is 0 Å². The van der Waals surface area contributed by atoms with Crippen LogP contribution in [0.2, 0.25) is 0 Å². The molecule has 0 radical (unpaired) electrons. The summed E-state index contributed by atoms with van der Waals surface area (Å²) in [5, 5.41) is 3.25. The lowest BCUT2D eigenvalue weighted by molar-refractivity contribution is -0.138. The molecule has 0 amide bonds. The van der Waals surface area contributed by atoms with Crippen LogP contribution in [-0.4, -0.2) is 44.4 Å². The number of halogens is 4. The van der Waals surface area contributed by atoms with Crippen LogP contribution >= 0.6 is 12.4 Å². The molecule has 0 spiro atoms. The maximum absolute atomic E-state index is 12.9. The van der Waals surface area contributed by atoms with E-state index in [4.69, 9.17) is 9.47 Å². The van der Waals surface area contributed by atoms with Crippen molar-refractivity contribution in [1.82, 2.24) is 10.2 Å².